The van der Waals surface area contributed by atoms with Crippen molar-refractivity contribution in [3.8, 4) is 0 Å². The maximum absolute atomic E-state index is 2.30. The Hall–Kier alpha value is -4.56. The quantitative estimate of drug-likeness (QED) is 0.249. The number of anilines is 4. The molecule has 162 valence electrons. The van der Waals surface area contributed by atoms with E-state index in [-0.39, 0.29) is 0 Å². The van der Waals surface area contributed by atoms with Crippen molar-refractivity contribution in [3.05, 3.63) is 146 Å². The lowest BCUT2D eigenvalue weighted by Gasteiger charge is -2.38. The average molecular weight is 437 g/mol. The Morgan fingerprint density at radius 2 is 0.618 bits per heavy atom. The molecule has 0 aliphatic carbocycles. The van der Waals surface area contributed by atoms with Gasteiger partial charge in [-0.3, -0.25) is 0 Å². The molecule has 34 heavy (non-hydrogen) atoms. The van der Waals surface area contributed by atoms with Crippen LogP contribution in [0, 0.1) is 0 Å². The molecule has 0 fully saturated rings. The molecular formula is C32H24N2. The fourth-order valence-electron chi connectivity index (χ4n) is 4.52. The van der Waals surface area contributed by atoms with Gasteiger partial charge in [0, 0.05) is 0 Å². The van der Waals surface area contributed by atoms with Crippen molar-refractivity contribution in [3.63, 3.8) is 0 Å². The van der Waals surface area contributed by atoms with E-state index in [1.807, 2.05) is 0 Å². The van der Waals surface area contributed by atoms with Gasteiger partial charge in [-0.2, -0.15) is 0 Å². The number of fused-ring (bicyclic) bond motifs is 2. The van der Waals surface area contributed by atoms with Crippen LogP contribution in [0.25, 0.3) is 21.5 Å². The highest BCUT2D eigenvalue weighted by Gasteiger charge is 2.21. The van der Waals surface area contributed by atoms with E-state index in [4.69, 9.17) is 0 Å². The van der Waals surface area contributed by atoms with Crippen molar-refractivity contribution in [2.24, 2.45) is 0 Å². The van der Waals surface area contributed by atoms with E-state index in [2.05, 4.69) is 156 Å². The second kappa shape index (κ2) is 8.76. The van der Waals surface area contributed by atoms with Crippen LogP contribution in [0.5, 0.6) is 0 Å². The molecule has 0 N–H and O–H groups in total. The molecule has 2 heteroatoms. The van der Waals surface area contributed by atoms with E-state index < -0.39 is 0 Å². The molecule has 0 aromatic heterocycles. The molecule has 0 heterocycles. The van der Waals surface area contributed by atoms with Crippen LogP contribution in [0.4, 0.5) is 22.7 Å². The monoisotopic (exact) mass is 436 g/mol. The highest BCUT2D eigenvalue weighted by Crippen LogP contribution is 2.38. The third kappa shape index (κ3) is 3.76. The molecule has 0 aliphatic rings. The molecule has 0 saturated heterocycles. The van der Waals surface area contributed by atoms with Crippen LogP contribution in [-0.2, 0) is 0 Å². The molecule has 0 bridgehead atoms. The molecule has 2 nitrogen and oxygen atoms in total. The third-order valence-electron chi connectivity index (χ3n) is 6.16. The van der Waals surface area contributed by atoms with Gasteiger partial charge in [-0.1, -0.05) is 97.1 Å². The van der Waals surface area contributed by atoms with Gasteiger partial charge >= 0.3 is 0 Å². The molecule has 0 atom stereocenters. The van der Waals surface area contributed by atoms with Crippen molar-refractivity contribution in [1.82, 2.24) is 0 Å². The predicted molar refractivity (Wildman–Crippen MR) is 145 cm³/mol. The maximum Gasteiger partial charge on any atom is 0.0643 e. The minimum Gasteiger partial charge on any atom is -0.249 e. The molecule has 0 amide bonds. The van der Waals surface area contributed by atoms with Crippen molar-refractivity contribution in [2.45, 2.75) is 0 Å². The summed E-state index contributed by atoms with van der Waals surface area (Å²) in [5.74, 6) is 0. The Labute approximate surface area is 199 Å². The van der Waals surface area contributed by atoms with Crippen LogP contribution in [0.2, 0.25) is 0 Å². The molecule has 0 spiro atoms. The zero-order valence-corrected chi connectivity index (χ0v) is 18.8. The molecule has 0 unspecified atom stereocenters. The van der Waals surface area contributed by atoms with Crippen LogP contribution in [0.15, 0.2) is 146 Å². The zero-order chi connectivity index (χ0) is 22.7. The topological polar surface area (TPSA) is 6.48 Å². The molecule has 6 aromatic rings. The summed E-state index contributed by atoms with van der Waals surface area (Å²) in [6.45, 7) is 0. The van der Waals surface area contributed by atoms with Crippen LogP contribution in [-0.4, -0.2) is 0 Å². The number of nitrogens with zero attached hydrogens (tertiary/aromatic N) is 2. The van der Waals surface area contributed by atoms with E-state index in [0.29, 0.717) is 0 Å². The number of rotatable bonds is 5. The average Bonchev–Trinajstić information content (AvgIpc) is 2.92. The second-order valence-electron chi connectivity index (χ2n) is 8.36. The van der Waals surface area contributed by atoms with Gasteiger partial charge in [-0.05, 0) is 70.1 Å². The first-order valence-electron chi connectivity index (χ1n) is 11.5. The van der Waals surface area contributed by atoms with E-state index in [1.54, 1.807) is 0 Å². The minimum absolute atomic E-state index is 1.09. The van der Waals surface area contributed by atoms with Gasteiger partial charge in [0.2, 0.25) is 0 Å². The number of hydrogen-bond donors (Lipinski definition) is 0. The standard InChI is InChI=1S/C32H24N2/c1-3-15-29(16-4-1)33(31-21-19-25-11-7-9-13-27(25)23-31)34(30-17-5-2-6-18-30)32-22-20-26-12-8-10-14-28(26)24-32/h1-24H. The highest BCUT2D eigenvalue weighted by atomic mass is 15.6. The smallest absolute Gasteiger partial charge is 0.0643 e. The Morgan fingerprint density at radius 3 is 1.03 bits per heavy atom. The van der Waals surface area contributed by atoms with Gasteiger partial charge in [-0.25, -0.2) is 10.0 Å². The molecule has 6 rings (SSSR count). The van der Waals surface area contributed by atoms with Crippen molar-refractivity contribution < 1.29 is 0 Å². The van der Waals surface area contributed by atoms with Crippen molar-refractivity contribution in [2.75, 3.05) is 10.0 Å². The van der Waals surface area contributed by atoms with Gasteiger partial charge < -0.3 is 0 Å². The number of benzene rings is 6. The summed E-state index contributed by atoms with van der Waals surface area (Å²) in [5, 5.41) is 9.49. The first kappa shape index (κ1) is 20.1. The summed E-state index contributed by atoms with van der Waals surface area (Å²) < 4.78 is 0. The maximum atomic E-state index is 2.30. The molecule has 0 saturated carbocycles. The summed E-state index contributed by atoms with van der Waals surface area (Å²) >= 11 is 0. The Balaban J connectivity index is 1.61. The lowest BCUT2D eigenvalue weighted by Crippen LogP contribution is -2.35. The molecular weight excluding hydrogens is 412 g/mol. The first-order valence-corrected chi connectivity index (χ1v) is 11.5. The van der Waals surface area contributed by atoms with E-state index in [0.717, 1.165) is 22.7 Å². The SMILES string of the molecule is c1ccc(N(c2ccc3ccccc3c2)N(c2ccccc2)c2ccc3ccccc3c2)cc1. The summed E-state index contributed by atoms with van der Waals surface area (Å²) in [6, 6.07) is 51.5. The fraction of sp³-hybridized carbons (Fsp3) is 0. The summed E-state index contributed by atoms with van der Waals surface area (Å²) in [6.07, 6.45) is 0. The Morgan fingerprint density at radius 1 is 0.265 bits per heavy atom. The van der Waals surface area contributed by atoms with E-state index in [1.165, 1.54) is 21.5 Å². The van der Waals surface area contributed by atoms with Crippen LogP contribution in [0.3, 0.4) is 0 Å². The number of hydrazine groups is 1. The summed E-state index contributed by atoms with van der Waals surface area (Å²) in [5.41, 5.74) is 4.38. The van der Waals surface area contributed by atoms with Crippen molar-refractivity contribution >= 4 is 44.3 Å². The molecule has 0 aliphatic heterocycles. The van der Waals surface area contributed by atoms with Gasteiger partial charge in [-0.15, -0.1) is 0 Å². The van der Waals surface area contributed by atoms with Crippen LogP contribution in [0.1, 0.15) is 0 Å². The third-order valence-corrected chi connectivity index (χ3v) is 6.16. The summed E-state index contributed by atoms with van der Waals surface area (Å²) in [4.78, 5) is 0. The van der Waals surface area contributed by atoms with E-state index >= 15 is 0 Å². The van der Waals surface area contributed by atoms with Gasteiger partial charge in [0.1, 0.15) is 0 Å². The lowest BCUT2D eigenvalue weighted by molar-refractivity contribution is 0.992. The zero-order valence-electron chi connectivity index (χ0n) is 18.8. The predicted octanol–water partition coefficient (Wildman–Crippen LogP) is 8.88. The normalized spacial score (nSPS) is 10.9. The largest absolute Gasteiger partial charge is 0.249 e. The molecule has 0 radical (unpaired) electrons. The fourth-order valence-corrected chi connectivity index (χ4v) is 4.52. The van der Waals surface area contributed by atoms with E-state index in [9.17, 15) is 0 Å². The van der Waals surface area contributed by atoms with Gasteiger partial charge in [0.05, 0.1) is 22.7 Å². The number of para-hydroxylation sites is 2. The van der Waals surface area contributed by atoms with Crippen molar-refractivity contribution in [1.29, 1.82) is 0 Å². The lowest BCUT2D eigenvalue weighted by atomic mass is 10.1. The van der Waals surface area contributed by atoms with Gasteiger partial charge in [0.15, 0.2) is 0 Å². The van der Waals surface area contributed by atoms with Gasteiger partial charge in [0.25, 0.3) is 0 Å². The molecule has 6 aromatic carbocycles. The minimum atomic E-state index is 1.09. The number of hydrogen-bond acceptors (Lipinski definition) is 2. The Bertz CT molecular complexity index is 1440. The summed E-state index contributed by atoms with van der Waals surface area (Å²) in [7, 11) is 0. The highest BCUT2D eigenvalue weighted by molar-refractivity contribution is 5.91. The van der Waals surface area contributed by atoms with Crippen LogP contribution >= 0.6 is 0 Å². The second-order valence-corrected chi connectivity index (χ2v) is 8.36. The van der Waals surface area contributed by atoms with Crippen LogP contribution < -0.4 is 10.0 Å². The Kier molecular flexibility index (Phi) is 5.17. The first-order chi connectivity index (χ1) is 16.9.